The highest BCUT2D eigenvalue weighted by Gasteiger charge is 2.23. The van der Waals surface area contributed by atoms with Crippen LogP contribution >= 0.6 is 11.6 Å². The normalized spacial score (nSPS) is 11.0. The smallest absolute Gasteiger partial charge is 0.339 e. The Kier molecular flexibility index (Phi) is 4.50. The van der Waals surface area contributed by atoms with Crippen LogP contribution in [-0.2, 0) is 14.8 Å². The van der Waals surface area contributed by atoms with E-state index in [1.54, 1.807) is 24.3 Å². The molecule has 0 saturated heterocycles. The number of nitrogens with one attached hydrogen (secondary N) is 1. The van der Waals surface area contributed by atoms with Gasteiger partial charge >= 0.3 is 5.97 Å². The molecule has 0 aliphatic carbocycles. The standard InChI is InChI=1S/C14H12ClNO4S/c1-20-14(17)10-6-2-5-9-13(10)21(18,19)16-12-8-4-3-7-11(12)15/h2-9,16H,1H3. The van der Waals surface area contributed by atoms with E-state index < -0.39 is 16.0 Å². The van der Waals surface area contributed by atoms with Gasteiger partial charge < -0.3 is 4.74 Å². The van der Waals surface area contributed by atoms with Gasteiger partial charge in [-0.2, -0.15) is 0 Å². The van der Waals surface area contributed by atoms with Gasteiger partial charge in [0.05, 0.1) is 23.4 Å². The third-order valence-corrected chi connectivity index (χ3v) is 4.45. The summed E-state index contributed by atoms with van der Waals surface area (Å²) >= 11 is 5.93. The fourth-order valence-corrected chi connectivity index (χ4v) is 3.24. The number of halogens is 1. The Labute approximate surface area is 127 Å². The van der Waals surface area contributed by atoms with Gasteiger partial charge in [-0.3, -0.25) is 4.72 Å². The average Bonchev–Trinajstić information content (AvgIpc) is 2.48. The minimum absolute atomic E-state index is 0.0421. The number of methoxy groups -OCH3 is 1. The van der Waals surface area contributed by atoms with Crippen molar-refractivity contribution in [1.29, 1.82) is 0 Å². The van der Waals surface area contributed by atoms with E-state index in [4.69, 9.17) is 11.6 Å². The number of sulfonamides is 1. The molecular formula is C14H12ClNO4S. The Hall–Kier alpha value is -2.05. The van der Waals surface area contributed by atoms with Crippen molar-refractivity contribution in [2.24, 2.45) is 0 Å². The molecule has 21 heavy (non-hydrogen) atoms. The summed E-state index contributed by atoms with van der Waals surface area (Å²) in [7, 11) is -2.77. The summed E-state index contributed by atoms with van der Waals surface area (Å²) < 4.78 is 31.8. The van der Waals surface area contributed by atoms with Crippen LogP contribution in [-0.4, -0.2) is 21.5 Å². The van der Waals surface area contributed by atoms with E-state index in [1.807, 2.05) is 0 Å². The second-order valence-corrected chi connectivity index (χ2v) is 6.13. The SMILES string of the molecule is COC(=O)c1ccccc1S(=O)(=O)Nc1ccccc1Cl. The van der Waals surface area contributed by atoms with Crippen LogP contribution in [0.3, 0.4) is 0 Å². The zero-order valence-electron chi connectivity index (χ0n) is 11.0. The third kappa shape index (κ3) is 3.34. The van der Waals surface area contributed by atoms with Gasteiger partial charge in [0, 0.05) is 0 Å². The van der Waals surface area contributed by atoms with E-state index in [0.29, 0.717) is 0 Å². The predicted octanol–water partition coefficient (Wildman–Crippen LogP) is 2.93. The minimum Gasteiger partial charge on any atom is -0.465 e. The van der Waals surface area contributed by atoms with Crippen molar-refractivity contribution in [2.75, 3.05) is 11.8 Å². The first-order valence-corrected chi connectivity index (χ1v) is 7.76. The molecule has 0 atom stereocenters. The van der Waals surface area contributed by atoms with E-state index in [2.05, 4.69) is 9.46 Å². The Balaban J connectivity index is 2.46. The Bertz CT molecular complexity index is 774. The first-order valence-electron chi connectivity index (χ1n) is 5.90. The first kappa shape index (κ1) is 15.3. The maximum Gasteiger partial charge on any atom is 0.339 e. The lowest BCUT2D eigenvalue weighted by molar-refractivity contribution is 0.0596. The maximum atomic E-state index is 12.4. The molecule has 0 aliphatic heterocycles. The maximum absolute atomic E-state index is 12.4. The van der Waals surface area contributed by atoms with Crippen LogP contribution in [0.15, 0.2) is 53.4 Å². The average molecular weight is 326 g/mol. The predicted molar refractivity (Wildman–Crippen MR) is 80.0 cm³/mol. The van der Waals surface area contributed by atoms with Crippen LogP contribution in [0.1, 0.15) is 10.4 Å². The summed E-state index contributed by atoms with van der Waals surface area (Å²) in [5.41, 5.74) is 0.193. The van der Waals surface area contributed by atoms with Gasteiger partial charge in [-0.25, -0.2) is 13.2 Å². The number of esters is 1. The molecule has 0 spiro atoms. The molecule has 0 heterocycles. The first-order chi connectivity index (χ1) is 9.95. The molecule has 0 amide bonds. The van der Waals surface area contributed by atoms with E-state index >= 15 is 0 Å². The lowest BCUT2D eigenvalue weighted by atomic mass is 10.2. The number of rotatable bonds is 4. The molecule has 2 rings (SSSR count). The Morgan fingerprint density at radius 2 is 1.71 bits per heavy atom. The number of hydrogen-bond donors (Lipinski definition) is 1. The van der Waals surface area contributed by atoms with Gasteiger partial charge in [0.1, 0.15) is 4.90 Å². The van der Waals surface area contributed by atoms with Crippen molar-refractivity contribution in [1.82, 2.24) is 0 Å². The highest BCUT2D eigenvalue weighted by molar-refractivity contribution is 7.92. The van der Waals surface area contributed by atoms with Crippen LogP contribution in [0.25, 0.3) is 0 Å². The van der Waals surface area contributed by atoms with Crippen molar-refractivity contribution in [3.05, 3.63) is 59.1 Å². The molecule has 0 aliphatic rings. The third-order valence-electron chi connectivity index (χ3n) is 2.70. The molecule has 2 aromatic carbocycles. The van der Waals surface area contributed by atoms with Crippen LogP contribution in [0.5, 0.6) is 0 Å². The van der Waals surface area contributed by atoms with Crippen LogP contribution in [0.2, 0.25) is 5.02 Å². The Morgan fingerprint density at radius 1 is 1.10 bits per heavy atom. The molecule has 0 unspecified atom stereocenters. The topological polar surface area (TPSA) is 72.5 Å². The molecule has 0 radical (unpaired) electrons. The molecule has 0 bridgehead atoms. The molecule has 7 heteroatoms. The van der Waals surface area contributed by atoms with Crippen molar-refractivity contribution < 1.29 is 17.9 Å². The van der Waals surface area contributed by atoms with Gasteiger partial charge in [0.25, 0.3) is 10.0 Å². The number of ether oxygens (including phenoxy) is 1. The molecule has 1 N–H and O–H groups in total. The monoisotopic (exact) mass is 325 g/mol. The summed E-state index contributed by atoms with van der Waals surface area (Å²) in [5, 5.41) is 0.261. The molecule has 0 fully saturated rings. The lowest BCUT2D eigenvalue weighted by Gasteiger charge is -2.12. The van der Waals surface area contributed by atoms with E-state index in [9.17, 15) is 13.2 Å². The fraction of sp³-hybridized carbons (Fsp3) is 0.0714. The molecule has 2 aromatic rings. The molecule has 0 saturated carbocycles. The number of hydrogen-bond acceptors (Lipinski definition) is 4. The van der Waals surface area contributed by atoms with Crippen LogP contribution in [0.4, 0.5) is 5.69 Å². The van der Waals surface area contributed by atoms with E-state index in [-0.39, 0.29) is 21.2 Å². The van der Waals surface area contributed by atoms with Crippen molar-refractivity contribution in [3.8, 4) is 0 Å². The minimum atomic E-state index is -3.96. The second-order valence-electron chi connectivity index (χ2n) is 4.07. The summed E-state index contributed by atoms with van der Waals surface area (Å²) in [6.45, 7) is 0. The van der Waals surface area contributed by atoms with Crippen molar-refractivity contribution in [3.63, 3.8) is 0 Å². The molecule has 5 nitrogen and oxygen atoms in total. The lowest BCUT2D eigenvalue weighted by Crippen LogP contribution is -2.17. The van der Waals surface area contributed by atoms with Gasteiger partial charge in [0.2, 0.25) is 0 Å². The molecule has 0 aromatic heterocycles. The second kappa shape index (κ2) is 6.15. The Morgan fingerprint density at radius 3 is 2.38 bits per heavy atom. The van der Waals surface area contributed by atoms with E-state index in [0.717, 1.165) is 0 Å². The largest absolute Gasteiger partial charge is 0.465 e. The zero-order valence-corrected chi connectivity index (χ0v) is 12.6. The van der Waals surface area contributed by atoms with Crippen molar-refractivity contribution in [2.45, 2.75) is 4.90 Å². The summed E-state index contributed by atoms with van der Waals surface area (Å²) in [6.07, 6.45) is 0. The molecule has 110 valence electrons. The zero-order chi connectivity index (χ0) is 15.5. The number of carbonyl (C=O) groups excluding carboxylic acids is 1. The number of benzene rings is 2. The van der Waals surface area contributed by atoms with Gasteiger partial charge in [0.15, 0.2) is 0 Å². The summed E-state index contributed by atoms with van der Waals surface area (Å²) in [4.78, 5) is 11.5. The summed E-state index contributed by atoms with van der Waals surface area (Å²) in [5.74, 6) is -0.727. The highest BCUT2D eigenvalue weighted by atomic mass is 35.5. The number of para-hydroxylation sites is 1. The highest BCUT2D eigenvalue weighted by Crippen LogP contribution is 2.25. The van der Waals surface area contributed by atoms with Gasteiger partial charge in [-0.05, 0) is 24.3 Å². The quantitative estimate of drug-likeness (QED) is 0.877. The van der Waals surface area contributed by atoms with Gasteiger partial charge in [-0.15, -0.1) is 0 Å². The fourth-order valence-electron chi connectivity index (χ4n) is 1.72. The van der Waals surface area contributed by atoms with Gasteiger partial charge in [-0.1, -0.05) is 35.9 Å². The van der Waals surface area contributed by atoms with E-state index in [1.165, 1.54) is 31.4 Å². The number of carbonyl (C=O) groups is 1. The molecular weight excluding hydrogens is 314 g/mol. The van der Waals surface area contributed by atoms with Crippen LogP contribution in [0, 0.1) is 0 Å². The van der Waals surface area contributed by atoms with Crippen molar-refractivity contribution >= 4 is 33.3 Å². The summed E-state index contributed by atoms with van der Waals surface area (Å²) in [6, 6.07) is 12.2. The van der Waals surface area contributed by atoms with Crippen LogP contribution < -0.4 is 4.72 Å². The number of anilines is 1.